The Morgan fingerprint density at radius 3 is 1.04 bits per heavy atom. The molecule has 0 aliphatic carbocycles. The van der Waals surface area contributed by atoms with Crippen LogP contribution in [0.1, 0.15) is 93.9 Å². The van der Waals surface area contributed by atoms with Gasteiger partial charge in [-0.3, -0.25) is 0 Å². The van der Waals surface area contributed by atoms with Crippen molar-refractivity contribution in [2.75, 3.05) is 12.3 Å². The molecule has 0 saturated carbocycles. The molecule has 0 spiro atoms. The molecule has 0 rings (SSSR count). The molecule has 4 heteroatoms. The second kappa shape index (κ2) is 18.2. The van der Waals surface area contributed by atoms with Crippen LogP contribution in [0.4, 0.5) is 0 Å². The van der Waals surface area contributed by atoms with Gasteiger partial charge in [0.25, 0.3) is 0 Å². The molecular formula is C20H44Br2P2. The van der Waals surface area contributed by atoms with E-state index < -0.39 is 0 Å². The molecule has 0 aliphatic rings. The lowest BCUT2D eigenvalue weighted by Crippen LogP contribution is -1.93. The number of hydrogen-bond donors (Lipinski definition) is 0. The monoisotopic (exact) mass is 504 g/mol. The summed E-state index contributed by atoms with van der Waals surface area (Å²) in [7, 11) is 0. The van der Waals surface area contributed by atoms with Crippen LogP contribution >= 0.6 is 44.2 Å². The summed E-state index contributed by atoms with van der Waals surface area (Å²) < 4.78 is 0. The van der Waals surface area contributed by atoms with Gasteiger partial charge in [0.1, 0.15) is 0 Å². The first-order chi connectivity index (χ1) is 11.1. The van der Waals surface area contributed by atoms with E-state index in [1.54, 1.807) is 0 Å². The number of unbranched alkanes of at least 4 members (excludes halogenated alkanes) is 2. The zero-order valence-corrected chi connectivity index (χ0v) is 22.6. The molecule has 2 atom stereocenters. The summed E-state index contributed by atoms with van der Waals surface area (Å²) in [5.41, 5.74) is 1.69. The van der Waals surface area contributed by atoms with Gasteiger partial charge in [0, 0.05) is 0 Å². The summed E-state index contributed by atoms with van der Waals surface area (Å²) in [4.78, 5) is 0. The van der Waals surface area contributed by atoms with Crippen molar-refractivity contribution in [1.82, 2.24) is 0 Å². The van der Waals surface area contributed by atoms with Gasteiger partial charge >= 0.3 is 0 Å². The summed E-state index contributed by atoms with van der Waals surface area (Å²) in [6, 6.07) is 0. The van der Waals surface area contributed by atoms with Gasteiger partial charge in [-0.1, -0.05) is 112 Å². The Hall–Kier alpha value is 1.82. The van der Waals surface area contributed by atoms with E-state index in [-0.39, 0.29) is 13.2 Å². The molecule has 0 nitrogen and oxygen atoms in total. The maximum absolute atomic E-state index is 3.77. The van der Waals surface area contributed by atoms with Crippen molar-refractivity contribution in [3.63, 3.8) is 0 Å². The summed E-state index contributed by atoms with van der Waals surface area (Å²) in [6.07, 6.45) is 11.2. The molecule has 0 fully saturated rings. The summed E-state index contributed by atoms with van der Waals surface area (Å²) in [5.74, 6) is 1.76. The second-order valence-corrected chi connectivity index (χ2v) is 18.2. The predicted molar refractivity (Wildman–Crippen MR) is 129 cm³/mol. The Morgan fingerprint density at radius 2 is 0.833 bits per heavy atom. The highest BCUT2D eigenvalue weighted by molar-refractivity contribution is 9.39. The van der Waals surface area contributed by atoms with Gasteiger partial charge in [-0.05, 0) is 61.6 Å². The molecular weight excluding hydrogens is 462 g/mol. The average Bonchev–Trinajstić information content (AvgIpc) is 2.47. The van der Waals surface area contributed by atoms with Gasteiger partial charge in [-0.25, -0.2) is 0 Å². The van der Waals surface area contributed by atoms with Crippen molar-refractivity contribution >= 4 is 44.2 Å². The molecule has 24 heavy (non-hydrogen) atoms. The third kappa shape index (κ3) is 21.9. The highest BCUT2D eigenvalue weighted by Gasteiger charge is 2.08. The maximum atomic E-state index is 3.77. The van der Waals surface area contributed by atoms with E-state index in [9.17, 15) is 0 Å². The van der Waals surface area contributed by atoms with E-state index in [1.165, 1.54) is 50.8 Å². The van der Waals surface area contributed by atoms with Gasteiger partial charge in [-0.15, -0.1) is 0 Å². The third-order valence-corrected chi connectivity index (χ3v) is 14.7. The van der Waals surface area contributed by atoms with Gasteiger partial charge in [-0.2, -0.15) is 0 Å². The summed E-state index contributed by atoms with van der Waals surface area (Å²) in [5, 5.41) is 0. The lowest BCUT2D eigenvalue weighted by Gasteiger charge is -2.13. The normalized spacial score (nSPS) is 14.2. The number of rotatable bonds is 12. The zero-order chi connectivity index (χ0) is 19.1. The van der Waals surface area contributed by atoms with Gasteiger partial charge in [0.2, 0.25) is 0 Å². The Labute approximate surface area is 173 Å². The van der Waals surface area contributed by atoms with Crippen LogP contribution < -0.4 is 0 Å². The number of hydrogen-bond acceptors (Lipinski definition) is 0. The van der Waals surface area contributed by atoms with Crippen LogP contribution in [0.2, 0.25) is 0 Å². The largest absolute Gasteiger partial charge is 0.0628 e. The molecule has 0 amide bonds. The molecule has 0 heterocycles. The van der Waals surface area contributed by atoms with Crippen molar-refractivity contribution < 1.29 is 0 Å². The predicted octanol–water partition coefficient (Wildman–Crippen LogP) is 10.0. The molecule has 0 N–H and O–H groups in total. The van der Waals surface area contributed by atoms with Crippen LogP contribution in [0, 0.1) is 11.8 Å². The molecule has 148 valence electrons. The fourth-order valence-corrected chi connectivity index (χ4v) is 5.74. The van der Waals surface area contributed by atoms with Crippen LogP contribution in [-0.2, 0) is 0 Å². The lowest BCUT2D eigenvalue weighted by molar-refractivity contribution is 0.551. The standard InChI is InChI=1S/2C10H22BrP/c2*1-9(2)7-5-6-8-12(11)10(3)4/h2*9-10H,5-8H2,1-4H3. The van der Waals surface area contributed by atoms with Crippen LogP contribution in [0.5, 0.6) is 0 Å². The fourth-order valence-electron chi connectivity index (χ4n) is 2.15. The average molecular weight is 506 g/mol. The van der Waals surface area contributed by atoms with E-state index in [4.69, 9.17) is 0 Å². The second-order valence-electron chi connectivity index (χ2n) is 8.21. The molecule has 0 aromatic carbocycles. The van der Waals surface area contributed by atoms with E-state index in [0.717, 1.165) is 23.2 Å². The minimum Gasteiger partial charge on any atom is -0.0628 e. The first-order valence-corrected chi connectivity index (χ1v) is 17.2. The van der Waals surface area contributed by atoms with Crippen molar-refractivity contribution in [1.29, 1.82) is 0 Å². The van der Waals surface area contributed by atoms with Crippen molar-refractivity contribution in [3.05, 3.63) is 0 Å². The SMILES string of the molecule is CC(C)CCCCP(Br)C(C)C.CC(C)CCCCP(Br)C(C)C. The summed E-state index contributed by atoms with van der Waals surface area (Å²) in [6.45, 7) is 18.7. The van der Waals surface area contributed by atoms with E-state index >= 15 is 0 Å². The molecule has 0 aliphatic heterocycles. The van der Waals surface area contributed by atoms with Gasteiger partial charge in [0.05, 0.1) is 0 Å². The molecule has 0 aromatic heterocycles. The van der Waals surface area contributed by atoms with Crippen LogP contribution in [0.25, 0.3) is 0 Å². The van der Waals surface area contributed by atoms with Crippen LogP contribution in [0.15, 0.2) is 0 Å². The zero-order valence-electron chi connectivity index (χ0n) is 17.6. The molecule has 0 bridgehead atoms. The van der Waals surface area contributed by atoms with E-state index in [0.29, 0.717) is 0 Å². The third-order valence-electron chi connectivity index (χ3n) is 3.93. The van der Waals surface area contributed by atoms with Crippen molar-refractivity contribution in [2.24, 2.45) is 11.8 Å². The molecule has 2 unspecified atom stereocenters. The fraction of sp³-hybridized carbons (Fsp3) is 1.00. The minimum atomic E-state index is 0.142. The lowest BCUT2D eigenvalue weighted by atomic mass is 10.1. The molecule has 0 radical (unpaired) electrons. The Kier molecular flexibility index (Phi) is 21.3. The van der Waals surface area contributed by atoms with Gasteiger partial charge < -0.3 is 0 Å². The first-order valence-electron chi connectivity index (χ1n) is 9.92. The van der Waals surface area contributed by atoms with E-state index in [1.807, 2.05) is 0 Å². The van der Waals surface area contributed by atoms with Crippen LogP contribution in [-0.4, -0.2) is 23.6 Å². The smallest absolute Gasteiger partial charge is 0.0168 e. The Morgan fingerprint density at radius 1 is 0.542 bits per heavy atom. The highest BCUT2D eigenvalue weighted by Crippen LogP contribution is 2.50. The quantitative estimate of drug-likeness (QED) is 0.183. The topological polar surface area (TPSA) is 0 Å². The first kappa shape index (κ1) is 28.0. The van der Waals surface area contributed by atoms with Crippen LogP contribution in [0.3, 0.4) is 0 Å². The molecule has 0 aromatic rings. The minimum absolute atomic E-state index is 0.142. The van der Waals surface area contributed by atoms with Gasteiger partial charge in [0.15, 0.2) is 0 Å². The maximum Gasteiger partial charge on any atom is -0.0168 e. The number of halogens is 2. The van der Waals surface area contributed by atoms with E-state index in [2.05, 4.69) is 86.4 Å². The Balaban J connectivity index is 0. The van der Waals surface area contributed by atoms with Crippen molar-refractivity contribution in [2.45, 2.75) is 105 Å². The highest BCUT2D eigenvalue weighted by atomic mass is 79.9. The Bertz CT molecular complexity index is 230. The summed E-state index contributed by atoms with van der Waals surface area (Å²) >= 11 is 7.55. The molecule has 0 saturated heterocycles. The van der Waals surface area contributed by atoms with Crippen molar-refractivity contribution in [3.8, 4) is 0 Å².